The van der Waals surface area contributed by atoms with Gasteiger partial charge in [0.15, 0.2) is 0 Å². The molecule has 0 saturated heterocycles. The Balaban J connectivity index is 4.08. The molecule has 0 unspecified atom stereocenters. The van der Waals surface area contributed by atoms with Crippen LogP contribution in [0.5, 0.6) is 0 Å². The molecule has 0 aliphatic heterocycles. The molecule has 0 saturated carbocycles. The molecule has 2 heteroatoms. The number of rotatable bonds is 3. The quantitative estimate of drug-likeness (QED) is 0.451. The third kappa shape index (κ3) is 4.82. The van der Waals surface area contributed by atoms with E-state index in [0.717, 1.165) is 6.42 Å². The first kappa shape index (κ1) is 10.5. The molecule has 0 aromatic heterocycles. The average molecular weight is 156 g/mol. The van der Waals surface area contributed by atoms with Gasteiger partial charge >= 0.3 is 0 Å². The van der Waals surface area contributed by atoms with E-state index in [0.29, 0.717) is 6.04 Å². The van der Waals surface area contributed by atoms with Crippen molar-refractivity contribution in [2.24, 2.45) is 4.99 Å². The summed E-state index contributed by atoms with van der Waals surface area (Å²) in [6.07, 6.45) is 2.26. The van der Waals surface area contributed by atoms with Gasteiger partial charge in [-0.3, -0.25) is 4.99 Å². The Morgan fingerprint density at radius 3 is 2.18 bits per heavy atom. The Labute approximate surface area is 70.3 Å². The molecule has 0 aliphatic rings. The summed E-state index contributed by atoms with van der Waals surface area (Å²) in [5, 5.41) is 0. The molecule has 0 spiro atoms. The molecule has 0 bridgehead atoms. The van der Waals surface area contributed by atoms with Gasteiger partial charge in [0, 0.05) is 26.6 Å². The second kappa shape index (κ2) is 5.16. The minimum Gasteiger partial charge on any atom is -0.366 e. The molecule has 0 N–H and O–H groups in total. The largest absolute Gasteiger partial charge is 0.366 e. The van der Waals surface area contributed by atoms with E-state index in [1.807, 2.05) is 0 Å². The van der Waals surface area contributed by atoms with Crippen LogP contribution in [0.1, 0.15) is 33.6 Å². The first-order valence-corrected chi connectivity index (χ1v) is 4.32. The lowest BCUT2D eigenvalue weighted by Crippen LogP contribution is -2.22. The molecule has 0 aromatic carbocycles. The van der Waals surface area contributed by atoms with Crippen molar-refractivity contribution in [3.8, 4) is 0 Å². The minimum atomic E-state index is 0.416. The topological polar surface area (TPSA) is 15.6 Å². The van der Waals surface area contributed by atoms with Crippen LogP contribution < -0.4 is 0 Å². The van der Waals surface area contributed by atoms with Crippen molar-refractivity contribution in [3.05, 3.63) is 0 Å². The molecule has 0 aliphatic carbocycles. The summed E-state index contributed by atoms with van der Waals surface area (Å²) in [4.78, 5) is 6.61. The van der Waals surface area contributed by atoms with E-state index < -0.39 is 0 Å². The smallest absolute Gasteiger partial charge is 0.0986 e. The highest BCUT2D eigenvalue weighted by Gasteiger charge is 2.00. The lowest BCUT2D eigenvalue weighted by Gasteiger charge is -2.16. The van der Waals surface area contributed by atoms with Gasteiger partial charge < -0.3 is 4.90 Å². The Kier molecular flexibility index (Phi) is 4.92. The molecule has 11 heavy (non-hydrogen) atoms. The Morgan fingerprint density at radius 2 is 1.91 bits per heavy atom. The molecule has 0 fully saturated rings. The van der Waals surface area contributed by atoms with Crippen molar-refractivity contribution in [1.29, 1.82) is 0 Å². The molecule has 0 heterocycles. The van der Waals surface area contributed by atoms with Crippen molar-refractivity contribution in [3.63, 3.8) is 0 Å². The first-order valence-electron chi connectivity index (χ1n) is 4.32. The highest BCUT2D eigenvalue weighted by Crippen LogP contribution is 1.98. The van der Waals surface area contributed by atoms with Gasteiger partial charge in [-0.1, -0.05) is 6.92 Å². The third-order valence-electron chi connectivity index (χ3n) is 1.40. The Bertz CT molecular complexity index is 126. The fourth-order valence-electron chi connectivity index (χ4n) is 0.925. The van der Waals surface area contributed by atoms with Crippen molar-refractivity contribution < 1.29 is 0 Å². The zero-order valence-corrected chi connectivity index (χ0v) is 8.39. The Morgan fingerprint density at radius 1 is 1.36 bits per heavy atom. The molecule has 0 atom stereocenters. The summed E-state index contributed by atoms with van der Waals surface area (Å²) in [7, 11) is 4.10. The van der Waals surface area contributed by atoms with Gasteiger partial charge in [0.1, 0.15) is 0 Å². The van der Waals surface area contributed by atoms with E-state index in [-0.39, 0.29) is 0 Å². The van der Waals surface area contributed by atoms with E-state index >= 15 is 0 Å². The monoisotopic (exact) mass is 156 g/mol. The van der Waals surface area contributed by atoms with Gasteiger partial charge in [-0.25, -0.2) is 0 Å². The fraction of sp³-hybridized carbons (Fsp3) is 0.889. The summed E-state index contributed by atoms with van der Waals surface area (Å²) in [5.41, 5.74) is 0. The third-order valence-corrected chi connectivity index (χ3v) is 1.40. The normalized spacial score (nSPS) is 12.4. The fourth-order valence-corrected chi connectivity index (χ4v) is 0.925. The number of nitrogens with zero attached hydrogens (tertiary/aromatic N) is 2. The predicted octanol–water partition coefficient (Wildman–Crippen LogP) is 2.16. The van der Waals surface area contributed by atoms with E-state index in [4.69, 9.17) is 0 Å². The standard InChI is InChI=1S/C9H20N2/c1-6-7-9(11(4)5)10-8(2)3/h8H,6-7H2,1-5H3/b10-9+. The first-order chi connectivity index (χ1) is 5.07. The van der Waals surface area contributed by atoms with Crippen LogP contribution in [0.3, 0.4) is 0 Å². The summed E-state index contributed by atoms with van der Waals surface area (Å²) in [5.74, 6) is 1.21. The summed E-state index contributed by atoms with van der Waals surface area (Å²) >= 11 is 0. The lowest BCUT2D eigenvalue weighted by atomic mass is 10.3. The van der Waals surface area contributed by atoms with E-state index in [2.05, 4.69) is 44.8 Å². The summed E-state index contributed by atoms with van der Waals surface area (Å²) < 4.78 is 0. The molecule has 0 aromatic rings. The van der Waals surface area contributed by atoms with Crippen LogP contribution in [-0.4, -0.2) is 30.9 Å². The maximum absolute atomic E-state index is 4.51. The van der Waals surface area contributed by atoms with Gasteiger partial charge in [0.05, 0.1) is 5.84 Å². The zero-order chi connectivity index (χ0) is 8.85. The second-order valence-corrected chi connectivity index (χ2v) is 3.28. The molecule has 2 nitrogen and oxygen atoms in total. The van der Waals surface area contributed by atoms with Crippen LogP contribution in [0.25, 0.3) is 0 Å². The van der Waals surface area contributed by atoms with Crippen molar-refractivity contribution in [2.45, 2.75) is 39.7 Å². The zero-order valence-electron chi connectivity index (χ0n) is 8.39. The molecule has 0 rings (SSSR count). The maximum Gasteiger partial charge on any atom is 0.0986 e. The molecular weight excluding hydrogens is 136 g/mol. The number of hydrogen-bond acceptors (Lipinski definition) is 1. The molecule has 66 valence electrons. The van der Waals surface area contributed by atoms with E-state index in [9.17, 15) is 0 Å². The summed E-state index contributed by atoms with van der Waals surface area (Å²) in [6, 6.07) is 0.416. The van der Waals surface area contributed by atoms with Crippen LogP contribution in [-0.2, 0) is 0 Å². The van der Waals surface area contributed by atoms with Gasteiger partial charge in [-0.15, -0.1) is 0 Å². The van der Waals surface area contributed by atoms with E-state index in [1.54, 1.807) is 0 Å². The summed E-state index contributed by atoms with van der Waals surface area (Å²) in [6.45, 7) is 6.40. The molecular formula is C9H20N2. The minimum absolute atomic E-state index is 0.416. The average Bonchev–Trinajstić information content (AvgIpc) is 1.86. The van der Waals surface area contributed by atoms with Crippen LogP contribution >= 0.6 is 0 Å². The van der Waals surface area contributed by atoms with Crippen LogP contribution in [0.2, 0.25) is 0 Å². The van der Waals surface area contributed by atoms with Crippen LogP contribution in [0, 0.1) is 0 Å². The van der Waals surface area contributed by atoms with Crippen molar-refractivity contribution >= 4 is 5.84 Å². The highest BCUT2D eigenvalue weighted by atomic mass is 15.1. The number of amidine groups is 1. The van der Waals surface area contributed by atoms with Crippen LogP contribution in [0.4, 0.5) is 0 Å². The van der Waals surface area contributed by atoms with Crippen LogP contribution in [0.15, 0.2) is 4.99 Å². The van der Waals surface area contributed by atoms with Gasteiger partial charge in [0.25, 0.3) is 0 Å². The second-order valence-electron chi connectivity index (χ2n) is 3.28. The van der Waals surface area contributed by atoms with Crippen molar-refractivity contribution in [1.82, 2.24) is 4.90 Å². The SMILES string of the molecule is CCC/C(=N\C(C)C)N(C)C. The van der Waals surface area contributed by atoms with Gasteiger partial charge in [-0.2, -0.15) is 0 Å². The predicted molar refractivity (Wildman–Crippen MR) is 51.2 cm³/mol. The van der Waals surface area contributed by atoms with E-state index in [1.165, 1.54) is 12.3 Å². The lowest BCUT2D eigenvalue weighted by molar-refractivity contribution is 0.588. The van der Waals surface area contributed by atoms with Crippen molar-refractivity contribution in [2.75, 3.05) is 14.1 Å². The number of hydrogen-bond donors (Lipinski definition) is 0. The Hall–Kier alpha value is -0.530. The molecule has 0 radical (unpaired) electrons. The number of aliphatic imine (C=N–C) groups is 1. The molecule has 0 amide bonds. The van der Waals surface area contributed by atoms with Gasteiger partial charge in [0.2, 0.25) is 0 Å². The highest BCUT2D eigenvalue weighted by molar-refractivity contribution is 5.81. The maximum atomic E-state index is 4.51. The van der Waals surface area contributed by atoms with Gasteiger partial charge in [-0.05, 0) is 20.3 Å².